The van der Waals surface area contributed by atoms with Gasteiger partial charge in [-0.3, -0.25) is 15.0 Å². The summed E-state index contributed by atoms with van der Waals surface area (Å²) < 4.78 is 1.50. The lowest BCUT2D eigenvalue weighted by Gasteiger charge is -2.21. The highest BCUT2D eigenvalue weighted by molar-refractivity contribution is 6.09. The molecular formula is C28H25N5O3. The van der Waals surface area contributed by atoms with Crippen LogP contribution in [0, 0.1) is 0 Å². The highest BCUT2D eigenvalue weighted by atomic mass is 16.2. The molecule has 4 amide bonds. The molecule has 5 rings (SSSR count). The van der Waals surface area contributed by atoms with E-state index < -0.39 is 23.4 Å². The maximum Gasteiger partial charge on any atom is 0.344 e. The van der Waals surface area contributed by atoms with Crippen LogP contribution in [-0.4, -0.2) is 38.2 Å². The van der Waals surface area contributed by atoms with Gasteiger partial charge in [0.25, 0.3) is 11.8 Å². The molecule has 1 fully saturated rings. The number of amides is 4. The van der Waals surface area contributed by atoms with Gasteiger partial charge in [-0.2, -0.15) is 10.1 Å². The Labute approximate surface area is 208 Å². The average molecular weight is 480 g/mol. The predicted octanol–water partition coefficient (Wildman–Crippen LogP) is 4.13. The lowest BCUT2D eigenvalue weighted by atomic mass is 9.93. The van der Waals surface area contributed by atoms with Crippen molar-refractivity contribution in [3.05, 3.63) is 108 Å². The fraction of sp³-hybridized carbons (Fsp3) is 0.143. The SMILES string of the molecule is C[C@@]1(CCc2ccccc2)NC(=O)N(NC(=O)c2cc(-c3ccccc3)nn2-c2ccccc2)C1=O. The van der Waals surface area contributed by atoms with Crippen molar-refractivity contribution in [3.63, 3.8) is 0 Å². The normalized spacial score (nSPS) is 17.2. The fourth-order valence-electron chi connectivity index (χ4n) is 4.21. The van der Waals surface area contributed by atoms with Crippen LogP contribution >= 0.6 is 0 Å². The first kappa shape index (κ1) is 23.0. The van der Waals surface area contributed by atoms with Gasteiger partial charge in [0, 0.05) is 5.56 Å². The maximum atomic E-state index is 13.4. The zero-order valence-corrected chi connectivity index (χ0v) is 19.7. The molecule has 1 atom stereocenters. The van der Waals surface area contributed by atoms with Gasteiger partial charge in [0.15, 0.2) is 0 Å². The molecule has 0 aliphatic carbocycles. The van der Waals surface area contributed by atoms with E-state index in [-0.39, 0.29) is 5.69 Å². The number of carbonyl (C=O) groups excluding carboxylic acids is 3. The van der Waals surface area contributed by atoms with E-state index in [9.17, 15) is 14.4 Å². The largest absolute Gasteiger partial charge is 0.344 e. The summed E-state index contributed by atoms with van der Waals surface area (Å²) in [4.78, 5) is 39.3. The van der Waals surface area contributed by atoms with Crippen LogP contribution in [0.5, 0.6) is 0 Å². The van der Waals surface area contributed by atoms with E-state index in [0.29, 0.717) is 24.2 Å². The van der Waals surface area contributed by atoms with E-state index in [1.807, 2.05) is 91.0 Å². The fourth-order valence-corrected chi connectivity index (χ4v) is 4.21. The van der Waals surface area contributed by atoms with Gasteiger partial charge >= 0.3 is 6.03 Å². The molecular weight excluding hydrogens is 454 g/mol. The molecule has 1 aromatic heterocycles. The van der Waals surface area contributed by atoms with E-state index in [1.54, 1.807) is 13.0 Å². The number of benzene rings is 3. The second-order valence-corrected chi connectivity index (χ2v) is 8.86. The Bertz CT molecular complexity index is 1400. The van der Waals surface area contributed by atoms with Gasteiger partial charge in [0.2, 0.25) is 0 Å². The van der Waals surface area contributed by atoms with Crippen LogP contribution in [0.4, 0.5) is 4.79 Å². The highest BCUT2D eigenvalue weighted by Crippen LogP contribution is 2.24. The third-order valence-corrected chi connectivity index (χ3v) is 6.24. The molecule has 1 saturated heterocycles. The summed E-state index contributed by atoms with van der Waals surface area (Å²) in [5.41, 5.74) is 4.72. The van der Waals surface area contributed by atoms with Gasteiger partial charge in [0.1, 0.15) is 11.2 Å². The Balaban J connectivity index is 1.39. The first-order valence-electron chi connectivity index (χ1n) is 11.7. The summed E-state index contributed by atoms with van der Waals surface area (Å²) >= 11 is 0. The van der Waals surface area contributed by atoms with Gasteiger partial charge in [0.05, 0.1) is 11.4 Å². The van der Waals surface area contributed by atoms with Crippen molar-refractivity contribution in [2.24, 2.45) is 0 Å². The monoisotopic (exact) mass is 479 g/mol. The van der Waals surface area contributed by atoms with Crippen molar-refractivity contribution in [3.8, 4) is 16.9 Å². The number of hydrogen-bond acceptors (Lipinski definition) is 4. The maximum absolute atomic E-state index is 13.4. The molecule has 1 aliphatic rings. The molecule has 2 heterocycles. The Hall–Kier alpha value is -4.72. The number of carbonyl (C=O) groups is 3. The van der Waals surface area contributed by atoms with Crippen LogP contribution in [0.3, 0.4) is 0 Å². The molecule has 2 N–H and O–H groups in total. The van der Waals surface area contributed by atoms with E-state index in [0.717, 1.165) is 16.1 Å². The Kier molecular flexibility index (Phi) is 6.08. The molecule has 0 unspecified atom stereocenters. The Morgan fingerprint density at radius 3 is 2.19 bits per heavy atom. The molecule has 3 aromatic carbocycles. The van der Waals surface area contributed by atoms with E-state index >= 15 is 0 Å². The second kappa shape index (κ2) is 9.50. The first-order chi connectivity index (χ1) is 17.4. The van der Waals surface area contributed by atoms with E-state index in [2.05, 4.69) is 15.8 Å². The van der Waals surface area contributed by atoms with Crippen molar-refractivity contribution in [1.29, 1.82) is 0 Å². The van der Waals surface area contributed by atoms with Gasteiger partial charge in [-0.1, -0.05) is 78.9 Å². The lowest BCUT2D eigenvalue weighted by molar-refractivity contribution is -0.132. The minimum absolute atomic E-state index is 0.193. The van der Waals surface area contributed by atoms with Crippen LogP contribution in [0.1, 0.15) is 29.4 Å². The minimum atomic E-state index is -1.13. The molecule has 8 heteroatoms. The number of nitrogens with one attached hydrogen (secondary N) is 2. The number of hydrogen-bond donors (Lipinski definition) is 2. The molecule has 0 radical (unpaired) electrons. The van der Waals surface area contributed by atoms with Crippen molar-refractivity contribution in [1.82, 2.24) is 25.5 Å². The molecule has 4 aromatic rings. The Morgan fingerprint density at radius 1 is 0.917 bits per heavy atom. The molecule has 1 aliphatic heterocycles. The van der Waals surface area contributed by atoms with Gasteiger partial charge < -0.3 is 5.32 Å². The zero-order valence-electron chi connectivity index (χ0n) is 19.7. The molecule has 8 nitrogen and oxygen atoms in total. The Morgan fingerprint density at radius 2 is 1.53 bits per heavy atom. The highest BCUT2D eigenvalue weighted by Gasteiger charge is 2.48. The third kappa shape index (κ3) is 4.48. The number of aryl methyl sites for hydroxylation is 1. The quantitative estimate of drug-likeness (QED) is 0.390. The van der Waals surface area contributed by atoms with E-state index in [4.69, 9.17) is 0 Å². The molecule has 0 bridgehead atoms. The molecule has 180 valence electrons. The second-order valence-electron chi connectivity index (χ2n) is 8.86. The summed E-state index contributed by atoms with van der Waals surface area (Å²) in [6, 6.07) is 29.4. The number of rotatable bonds is 7. The summed E-state index contributed by atoms with van der Waals surface area (Å²) in [6.07, 6.45) is 1.00. The standard InChI is InChI=1S/C28H25N5O3/c1-28(18-17-20-11-5-2-6-12-20)26(35)33(27(36)29-28)31-25(34)24-19-23(21-13-7-3-8-14-21)30-32(24)22-15-9-4-10-16-22/h2-16,19H,17-18H2,1H3,(H,29,36)(H,31,34)/t28-/m0/s1. The first-order valence-corrected chi connectivity index (χ1v) is 11.7. The van der Waals surface area contributed by atoms with Crippen LogP contribution in [0.25, 0.3) is 16.9 Å². The topological polar surface area (TPSA) is 96.3 Å². The number of nitrogens with zero attached hydrogens (tertiary/aromatic N) is 3. The van der Waals surface area contributed by atoms with Crippen LogP contribution in [0.2, 0.25) is 0 Å². The predicted molar refractivity (Wildman–Crippen MR) is 135 cm³/mol. The summed E-state index contributed by atoms with van der Waals surface area (Å²) in [7, 11) is 0. The van der Waals surface area contributed by atoms with Crippen molar-refractivity contribution >= 4 is 17.8 Å². The summed E-state index contributed by atoms with van der Waals surface area (Å²) in [5.74, 6) is -1.13. The number of aromatic nitrogens is 2. The lowest BCUT2D eigenvalue weighted by Crippen LogP contribution is -2.49. The van der Waals surface area contributed by atoms with Crippen LogP contribution in [0.15, 0.2) is 97.1 Å². The molecule has 0 spiro atoms. The third-order valence-electron chi connectivity index (χ3n) is 6.24. The average Bonchev–Trinajstić information content (AvgIpc) is 3.45. The van der Waals surface area contributed by atoms with Crippen LogP contribution < -0.4 is 10.7 Å². The van der Waals surface area contributed by atoms with Gasteiger partial charge in [-0.05, 0) is 43.5 Å². The van der Waals surface area contributed by atoms with Gasteiger partial charge in [-0.25, -0.2) is 9.48 Å². The van der Waals surface area contributed by atoms with Crippen molar-refractivity contribution < 1.29 is 14.4 Å². The van der Waals surface area contributed by atoms with Crippen molar-refractivity contribution in [2.75, 3.05) is 0 Å². The number of para-hydroxylation sites is 1. The van der Waals surface area contributed by atoms with Gasteiger partial charge in [-0.15, -0.1) is 0 Å². The molecule has 36 heavy (non-hydrogen) atoms. The smallest absolute Gasteiger partial charge is 0.322 e. The number of hydrazine groups is 1. The summed E-state index contributed by atoms with van der Waals surface area (Å²) in [5, 5.41) is 8.12. The number of urea groups is 1. The van der Waals surface area contributed by atoms with E-state index in [1.165, 1.54) is 4.68 Å². The molecule has 0 saturated carbocycles. The minimum Gasteiger partial charge on any atom is -0.322 e. The summed E-state index contributed by atoms with van der Waals surface area (Å²) in [6.45, 7) is 1.67. The zero-order chi connectivity index (χ0) is 25.1. The van der Waals surface area contributed by atoms with Crippen molar-refractivity contribution in [2.45, 2.75) is 25.3 Å². The number of imide groups is 1. The van der Waals surface area contributed by atoms with Crippen LogP contribution in [-0.2, 0) is 11.2 Å².